The molecule has 0 atom stereocenters. The van der Waals surface area contributed by atoms with E-state index in [1.54, 1.807) is 0 Å². The number of sulfone groups is 1. The molecule has 0 bridgehead atoms. The third-order valence-corrected chi connectivity index (χ3v) is 0. The third kappa shape index (κ3) is 648. The maximum Gasteiger partial charge on any atom is 0.214 e. The van der Waals surface area contributed by atoms with E-state index < -0.39 is 9.84 Å². The van der Waals surface area contributed by atoms with Gasteiger partial charge in [0, 0.05) is 19.4 Å². The van der Waals surface area contributed by atoms with Crippen LogP contribution in [-0.4, -0.2) is 26.8 Å². The first-order valence-corrected chi connectivity index (χ1v) is 4.44. The van der Waals surface area contributed by atoms with Gasteiger partial charge in [0.15, 0.2) is 0 Å². The first-order valence-electron chi connectivity index (χ1n) is 2.14. The number of primary amides is 1. The molecule has 4 nitrogen and oxygen atoms in total. The van der Waals surface area contributed by atoms with Crippen molar-refractivity contribution in [3.05, 3.63) is 0 Å². The maximum atomic E-state index is 9.63. The Morgan fingerprint density at radius 1 is 1.33 bits per heavy atom. The van der Waals surface area contributed by atoms with E-state index >= 15 is 0 Å². The van der Waals surface area contributed by atoms with Gasteiger partial charge in [-0.05, 0) is 0 Å². The molecule has 1 amide bonds. The number of hydrogen-bond acceptors (Lipinski definition) is 3. The van der Waals surface area contributed by atoms with Crippen molar-refractivity contribution in [2.24, 2.45) is 5.73 Å². The van der Waals surface area contributed by atoms with Crippen LogP contribution in [0.1, 0.15) is 6.92 Å². The Labute approximate surface area is 55.0 Å². The van der Waals surface area contributed by atoms with Crippen molar-refractivity contribution in [3.63, 3.8) is 0 Å². The minimum atomic E-state index is -2.67. The second-order valence-corrected chi connectivity index (χ2v) is 4.04. The number of carbonyl (C=O) groups is 1. The maximum absolute atomic E-state index is 9.63. The molecule has 0 radical (unpaired) electrons. The first-order chi connectivity index (χ1) is 3.73. The van der Waals surface area contributed by atoms with Crippen LogP contribution in [-0.2, 0) is 14.6 Å². The highest BCUT2D eigenvalue weighted by atomic mass is 32.2. The Morgan fingerprint density at radius 3 is 1.33 bits per heavy atom. The molecular formula is C4H11NO3S. The van der Waals surface area contributed by atoms with Crippen LogP contribution in [0.3, 0.4) is 0 Å². The fourth-order valence-electron chi connectivity index (χ4n) is 0. The van der Waals surface area contributed by atoms with Crippen molar-refractivity contribution >= 4 is 15.7 Å². The summed E-state index contributed by atoms with van der Waals surface area (Å²) in [5.74, 6) is -0.333. The van der Waals surface area contributed by atoms with Gasteiger partial charge in [-0.3, -0.25) is 4.79 Å². The summed E-state index contributed by atoms with van der Waals surface area (Å²) in [4.78, 5) is 9.22. The van der Waals surface area contributed by atoms with Gasteiger partial charge >= 0.3 is 0 Å². The predicted molar refractivity (Wildman–Crippen MR) is 35.6 cm³/mol. The fourth-order valence-corrected chi connectivity index (χ4v) is 0. The quantitative estimate of drug-likeness (QED) is 0.492. The minimum absolute atomic E-state index is 0.333. The van der Waals surface area contributed by atoms with Gasteiger partial charge in [0.25, 0.3) is 0 Å². The summed E-state index contributed by atoms with van der Waals surface area (Å²) in [6.45, 7) is 1.31. The smallest absolute Gasteiger partial charge is 0.214 e. The van der Waals surface area contributed by atoms with Crippen LogP contribution >= 0.6 is 0 Å². The Hall–Kier alpha value is -0.580. The van der Waals surface area contributed by atoms with Crippen molar-refractivity contribution in [1.82, 2.24) is 0 Å². The van der Waals surface area contributed by atoms with Crippen molar-refractivity contribution in [2.45, 2.75) is 6.92 Å². The van der Waals surface area contributed by atoms with E-state index in [4.69, 9.17) is 0 Å². The molecule has 0 aromatic carbocycles. The SMILES string of the molecule is CC(N)=O.CS(C)(=O)=O. The lowest BCUT2D eigenvalue weighted by Crippen LogP contribution is -2.01. The van der Waals surface area contributed by atoms with Crippen molar-refractivity contribution in [3.8, 4) is 0 Å². The highest BCUT2D eigenvalue weighted by molar-refractivity contribution is 7.89. The van der Waals surface area contributed by atoms with E-state index in [0.29, 0.717) is 0 Å². The van der Waals surface area contributed by atoms with Gasteiger partial charge in [0.2, 0.25) is 5.91 Å². The fraction of sp³-hybridized carbons (Fsp3) is 0.750. The van der Waals surface area contributed by atoms with Gasteiger partial charge in [-0.25, -0.2) is 8.42 Å². The molecule has 2 N–H and O–H groups in total. The van der Waals surface area contributed by atoms with Crippen molar-refractivity contribution in [1.29, 1.82) is 0 Å². The average Bonchev–Trinajstić information content (AvgIpc) is 1.19. The molecule has 0 rings (SSSR count). The van der Waals surface area contributed by atoms with Crippen LogP contribution in [0.4, 0.5) is 0 Å². The zero-order chi connectivity index (χ0) is 8.08. The second kappa shape index (κ2) is 4.31. The van der Waals surface area contributed by atoms with E-state index in [1.807, 2.05) is 0 Å². The van der Waals surface area contributed by atoms with E-state index in [1.165, 1.54) is 6.92 Å². The van der Waals surface area contributed by atoms with Crippen LogP contribution in [0, 0.1) is 0 Å². The molecule has 9 heavy (non-hydrogen) atoms. The molecule has 0 unspecified atom stereocenters. The molecule has 0 fully saturated rings. The van der Waals surface area contributed by atoms with Crippen molar-refractivity contribution in [2.75, 3.05) is 12.5 Å². The normalized spacial score (nSPS) is 9.22. The molecule has 56 valence electrons. The summed E-state index contributed by atoms with van der Waals surface area (Å²) < 4.78 is 19.3. The van der Waals surface area contributed by atoms with Gasteiger partial charge in [-0.1, -0.05) is 0 Å². The second-order valence-electron chi connectivity index (χ2n) is 1.75. The summed E-state index contributed by atoms with van der Waals surface area (Å²) in [5, 5.41) is 0. The standard InChI is InChI=1S/C2H5NO.C2H6O2S/c1-2(3)4;1-5(2,3)4/h1H3,(H2,3,4);1-2H3. The van der Waals surface area contributed by atoms with Crippen LogP contribution in [0.15, 0.2) is 0 Å². The molecule has 0 aromatic heterocycles. The number of amides is 1. The molecule has 0 saturated heterocycles. The highest BCUT2D eigenvalue weighted by Gasteiger charge is 1.79. The van der Waals surface area contributed by atoms with Gasteiger partial charge in [0.05, 0.1) is 0 Å². The lowest BCUT2D eigenvalue weighted by molar-refractivity contribution is -0.115. The largest absolute Gasteiger partial charge is 0.370 e. The molecule has 0 aromatic rings. The lowest BCUT2D eigenvalue weighted by atomic mass is 10.8. The predicted octanol–water partition coefficient (Wildman–Crippen LogP) is -0.848. The third-order valence-electron chi connectivity index (χ3n) is 0. The molecule has 0 aliphatic heterocycles. The summed E-state index contributed by atoms with van der Waals surface area (Å²) in [7, 11) is -2.67. The lowest BCUT2D eigenvalue weighted by Gasteiger charge is -1.69. The number of carbonyl (C=O) groups excluding carboxylic acids is 1. The Kier molecular flexibility index (Phi) is 5.39. The molecule has 0 aliphatic rings. The monoisotopic (exact) mass is 153 g/mol. The Morgan fingerprint density at radius 2 is 1.33 bits per heavy atom. The highest BCUT2D eigenvalue weighted by Crippen LogP contribution is 1.61. The average molecular weight is 153 g/mol. The van der Waals surface area contributed by atoms with E-state index in [9.17, 15) is 13.2 Å². The number of hydrogen-bond donors (Lipinski definition) is 1. The molecule has 0 spiro atoms. The summed E-state index contributed by atoms with van der Waals surface area (Å²) in [5.41, 5.74) is 4.47. The van der Waals surface area contributed by atoms with Crippen molar-refractivity contribution < 1.29 is 13.2 Å². The molecule has 0 saturated carbocycles. The van der Waals surface area contributed by atoms with Crippen LogP contribution in [0.25, 0.3) is 0 Å². The Bertz CT molecular complexity index is 158. The van der Waals surface area contributed by atoms with Gasteiger partial charge in [-0.2, -0.15) is 0 Å². The number of rotatable bonds is 0. The summed E-state index contributed by atoms with van der Waals surface area (Å²) in [6.07, 6.45) is 2.32. The van der Waals surface area contributed by atoms with Crippen LogP contribution in [0.2, 0.25) is 0 Å². The van der Waals surface area contributed by atoms with Gasteiger partial charge in [-0.15, -0.1) is 0 Å². The van der Waals surface area contributed by atoms with Gasteiger partial charge < -0.3 is 5.73 Å². The van der Waals surface area contributed by atoms with E-state index in [0.717, 1.165) is 12.5 Å². The Balaban J connectivity index is 0. The van der Waals surface area contributed by atoms with Gasteiger partial charge in [0.1, 0.15) is 9.84 Å². The molecule has 0 heterocycles. The molecule has 5 heteroatoms. The van der Waals surface area contributed by atoms with Crippen LogP contribution < -0.4 is 5.73 Å². The first kappa shape index (κ1) is 11.2. The van der Waals surface area contributed by atoms with E-state index in [-0.39, 0.29) is 5.91 Å². The zero-order valence-electron chi connectivity index (χ0n) is 5.71. The number of nitrogens with two attached hydrogens (primary N) is 1. The summed E-state index contributed by atoms with van der Waals surface area (Å²) >= 11 is 0. The zero-order valence-corrected chi connectivity index (χ0v) is 6.53. The molecule has 0 aliphatic carbocycles. The molecular weight excluding hydrogens is 142 g/mol. The van der Waals surface area contributed by atoms with E-state index in [2.05, 4.69) is 5.73 Å². The van der Waals surface area contributed by atoms with Crippen LogP contribution in [0.5, 0.6) is 0 Å². The minimum Gasteiger partial charge on any atom is -0.370 e. The topological polar surface area (TPSA) is 77.2 Å². The summed E-state index contributed by atoms with van der Waals surface area (Å²) in [6, 6.07) is 0.